The summed E-state index contributed by atoms with van der Waals surface area (Å²) in [5, 5.41) is 3.35. The van der Waals surface area contributed by atoms with Gasteiger partial charge >= 0.3 is 0 Å². The SMILES string of the molecule is CC=CC(=O)Nc1nc(C)c(Cl)cc1Cl. The van der Waals surface area contributed by atoms with Gasteiger partial charge < -0.3 is 5.32 Å². The molecular weight excluding hydrogens is 235 g/mol. The lowest BCUT2D eigenvalue weighted by molar-refractivity contribution is -0.111. The van der Waals surface area contributed by atoms with Crippen LogP contribution in [0.3, 0.4) is 0 Å². The predicted octanol–water partition coefficient (Wildman–Crippen LogP) is 3.21. The fraction of sp³-hybridized carbons (Fsp3) is 0.200. The summed E-state index contributed by atoms with van der Waals surface area (Å²) in [5.74, 6) is 0.0512. The van der Waals surface area contributed by atoms with E-state index in [1.54, 1.807) is 26.0 Å². The number of carbonyl (C=O) groups excluding carboxylic acids is 1. The highest BCUT2D eigenvalue weighted by Gasteiger charge is 2.07. The van der Waals surface area contributed by atoms with E-state index in [1.165, 1.54) is 6.08 Å². The van der Waals surface area contributed by atoms with Crippen LogP contribution in [0.1, 0.15) is 12.6 Å². The highest BCUT2D eigenvalue weighted by Crippen LogP contribution is 2.25. The fourth-order valence-electron chi connectivity index (χ4n) is 0.956. The maximum absolute atomic E-state index is 11.2. The average Bonchev–Trinajstić information content (AvgIpc) is 2.14. The van der Waals surface area contributed by atoms with Crippen LogP contribution in [0.4, 0.5) is 5.82 Å². The molecule has 0 aromatic carbocycles. The van der Waals surface area contributed by atoms with Gasteiger partial charge in [0.05, 0.1) is 15.7 Å². The molecule has 1 aromatic heterocycles. The van der Waals surface area contributed by atoms with Gasteiger partial charge in [-0.3, -0.25) is 4.79 Å². The first kappa shape index (κ1) is 12.0. The number of nitrogens with zero attached hydrogens (tertiary/aromatic N) is 1. The van der Waals surface area contributed by atoms with Gasteiger partial charge in [0.15, 0.2) is 5.82 Å². The van der Waals surface area contributed by atoms with Crippen molar-refractivity contribution in [2.24, 2.45) is 0 Å². The molecule has 0 atom stereocenters. The minimum Gasteiger partial charge on any atom is -0.306 e. The van der Waals surface area contributed by atoms with Crippen molar-refractivity contribution in [3.63, 3.8) is 0 Å². The summed E-state index contributed by atoms with van der Waals surface area (Å²) in [6.07, 6.45) is 3.02. The van der Waals surface area contributed by atoms with Crippen LogP contribution in [0.15, 0.2) is 18.2 Å². The summed E-state index contributed by atoms with van der Waals surface area (Å²) in [6.45, 7) is 3.49. The molecule has 0 bridgehead atoms. The Morgan fingerprint density at radius 3 is 2.73 bits per heavy atom. The Hall–Kier alpha value is -1.06. The van der Waals surface area contributed by atoms with Gasteiger partial charge in [0, 0.05) is 0 Å². The molecule has 0 radical (unpaired) electrons. The van der Waals surface area contributed by atoms with Crippen molar-refractivity contribution < 1.29 is 4.79 Å². The Kier molecular flexibility index (Phi) is 4.12. The molecule has 0 saturated heterocycles. The molecule has 0 aliphatic heterocycles. The Bertz CT molecular complexity index is 416. The molecule has 80 valence electrons. The van der Waals surface area contributed by atoms with Gasteiger partial charge in [-0.1, -0.05) is 29.3 Å². The first-order chi connectivity index (χ1) is 7.04. The van der Waals surface area contributed by atoms with Crippen LogP contribution in [0.5, 0.6) is 0 Å². The molecule has 0 saturated carbocycles. The standard InChI is InChI=1S/C10H10Cl2N2O/c1-3-4-9(15)14-10-8(12)5-7(11)6(2)13-10/h3-5H,1-2H3,(H,13,14,15). The number of anilines is 1. The number of allylic oxidation sites excluding steroid dienone is 1. The quantitative estimate of drug-likeness (QED) is 0.813. The number of rotatable bonds is 2. The van der Waals surface area contributed by atoms with Gasteiger partial charge in [-0.25, -0.2) is 4.98 Å². The predicted molar refractivity (Wildman–Crippen MR) is 62.4 cm³/mol. The molecule has 0 aliphatic carbocycles. The zero-order valence-electron chi connectivity index (χ0n) is 8.34. The van der Waals surface area contributed by atoms with Crippen molar-refractivity contribution in [2.75, 3.05) is 5.32 Å². The van der Waals surface area contributed by atoms with Crippen molar-refractivity contribution in [3.8, 4) is 0 Å². The van der Waals surface area contributed by atoms with E-state index < -0.39 is 0 Å². The average molecular weight is 245 g/mol. The molecule has 5 heteroatoms. The third-order valence-corrected chi connectivity index (χ3v) is 2.34. The largest absolute Gasteiger partial charge is 0.306 e. The molecular formula is C10H10Cl2N2O. The zero-order chi connectivity index (χ0) is 11.4. The van der Waals surface area contributed by atoms with E-state index in [9.17, 15) is 4.79 Å². The number of aryl methyl sites for hydroxylation is 1. The first-order valence-corrected chi connectivity index (χ1v) is 5.06. The second-order valence-electron chi connectivity index (χ2n) is 2.88. The van der Waals surface area contributed by atoms with Crippen LogP contribution in [0.2, 0.25) is 10.0 Å². The van der Waals surface area contributed by atoms with Gasteiger partial charge in [0.2, 0.25) is 5.91 Å². The molecule has 15 heavy (non-hydrogen) atoms. The number of pyridine rings is 1. The number of aromatic nitrogens is 1. The number of hydrogen-bond donors (Lipinski definition) is 1. The molecule has 1 aromatic rings. The number of amides is 1. The second kappa shape index (κ2) is 5.14. The maximum Gasteiger partial charge on any atom is 0.249 e. The minimum absolute atomic E-state index is 0.270. The number of hydrogen-bond acceptors (Lipinski definition) is 2. The smallest absolute Gasteiger partial charge is 0.249 e. The summed E-state index contributed by atoms with van der Waals surface area (Å²) in [6, 6.07) is 1.55. The lowest BCUT2D eigenvalue weighted by Crippen LogP contribution is -2.10. The Balaban J connectivity index is 2.95. The highest BCUT2D eigenvalue weighted by molar-refractivity contribution is 6.36. The summed E-state index contributed by atoms with van der Waals surface area (Å²) in [5.41, 5.74) is 0.622. The Morgan fingerprint density at radius 1 is 1.47 bits per heavy atom. The van der Waals surface area contributed by atoms with Gasteiger partial charge in [-0.2, -0.15) is 0 Å². The van der Waals surface area contributed by atoms with Crippen molar-refractivity contribution in [2.45, 2.75) is 13.8 Å². The van der Waals surface area contributed by atoms with E-state index in [0.717, 1.165) is 0 Å². The summed E-state index contributed by atoms with van der Waals surface area (Å²) >= 11 is 11.7. The molecule has 1 amide bonds. The van der Waals surface area contributed by atoms with Crippen LogP contribution in [0, 0.1) is 6.92 Å². The fourth-order valence-corrected chi connectivity index (χ4v) is 1.36. The van der Waals surface area contributed by atoms with E-state index in [2.05, 4.69) is 10.3 Å². The molecule has 3 nitrogen and oxygen atoms in total. The van der Waals surface area contributed by atoms with Crippen LogP contribution >= 0.6 is 23.2 Å². The number of nitrogens with one attached hydrogen (secondary N) is 1. The van der Waals surface area contributed by atoms with Gasteiger partial charge in [-0.05, 0) is 26.0 Å². The third-order valence-electron chi connectivity index (χ3n) is 1.66. The van der Waals surface area contributed by atoms with E-state index >= 15 is 0 Å². The molecule has 0 aliphatic rings. The van der Waals surface area contributed by atoms with Crippen molar-refractivity contribution in [3.05, 3.63) is 34.0 Å². The van der Waals surface area contributed by atoms with Gasteiger partial charge in [0.25, 0.3) is 0 Å². The third kappa shape index (κ3) is 3.22. The monoisotopic (exact) mass is 244 g/mol. The van der Waals surface area contributed by atoms with Crippen molar-refractivity contribution >= 4 is 34.9 Å². The van der Waals surface area contributed by atoms with Crippen LogP contribution in [-0.2, 0) is 4.79 Å². The Morgan fingerprint density at radius 2 is 2.13 bits per heavy atom. The molecule has 0 unspecified atom stereocenters. The van der Waals surface area contributed by atoms with E-state index in [4.69, 9.17) is 23.2 Å². The Labute approximate surface area is 98.1 Å². The maximum atomic E-state index is 11.2. The van der Waals surface area contributed by atoms with E-state index in [0.29, 0.717) is 21.6 Å². The molecule has 1 rings (SSSR count). The van der Waals surface area contributed by atoms with Crippen LogP contribution < -0.4 is 5.32 Å². The summed E-state index contributed by atoms with van der Waals surface area (Å²) in [7, 11) is 0. The van der Waals surface area contributed by atoms with E-state index in [-0.39, 0.29) is 5.91 Å². The first-order valence-electron chi connectivity index (χ1n) is 4.31. The van der Waals surface area contributed by atoms with Gasteiger partial charge in [0.1, 0.15) is 0 Å². The lowest BCUT2D eigenvalue weighted by Gasteiger charge is -2.06. The topological polar surface area (TPSA) is 42.0 Å². The molecule has 1 heterocycles. The molecule has 0 fully saturated rings. The normalized spacial score (nSPS) is 10.7. The summed E-state index contributed by atoms with van der Waals surface area (Å²) in [4.78, 5) is 15.3. The number of halogens is 2. The van der Waals surface area contributed by atoms with Crippen molar-refractivity contribution in [1.82, 2.24) is 4.98 Å². The highest BCUT2D eigenvalue weighted by atomic mass is 35.5. The van der Waals surface area contributed by atoms with Crippen molar-refractivity contribution in [1.29, 1.82) is 0 Å². The van der Waals surface area contributed by atoms with Crippen LogP contribution in [0.25, 0.3) is 0 Å². The molecule has 0 spiro atoms. The van der Waals surface area contributed by atoms with E-state index in [1.807, 2.05) is 0 Å². The summed E-state index contributed by atoms with van der Waals surface area (Å²) < 4.78 is 0. The van der Waals surface area contributed by atoms with Crippen LogP contribution in [-0.4, -0.2) is 10.9 Å². The number of carbonyl (C=O) groups is 1. The van der Waals surface area contributed by atoms with Gasteiger partial charge in [-0.15, -0.1) is 0 Å². The zero-order valence-corrected chi connectivity index (χ0v) is 9.86. The second-order valence-corrected chi connectivity index (χ2v) is 3.69. The lowest BCUT2D eigenvalue weighted by atomic mass is 10.3. The minimum atomic E-state index is -0.270. The molecule has 1 N–H and O–H groups in total.